The molecule has 0 spiro atoms. The predicted molar refractivity (Wildman–Crippen MR) is 98.0 cm³/mol. The standard InChI is InChI=1S/C20H19FN2OS/c21-15-9-7-14(8-10-15)20(11-3-4-12-20)19(24)22-13-18-23-16-5-1-2-6-17(16)25-18/h1-2,5-10H,3-4,11-13H2,(H,22,24). The van der Waals surface area contributed by atoms with Gasteiger partial charge in [-0.3, -0.25) is 4.79 Å². The van der Waals surface area contributed by atoms with Crippen molar-refractivity contribution < 1.29 is 9.18 Å². The fourth-order valence-electron chi connectivity index (χ4n) is 3.71. The quantitative estimate of drug-likeness (QED) is 0.746. The molecule has 0 bridgehead atoms. The Morgan fingerprint density at radius 3 is 2.56 bits per heavy atom. The molecule has 0 radical (unpaired) electrons. The number of nitrogens with one attached hydrogen (secondary N) is 1. The summed E-state index contributed by atoms with van der Waals surface area (Å²) >= 11 is 1.60. The number of rotatable bonds is 4. The van der Waals surface area contributed by atoms with Crippen molar-refractivity contribution in [2.24, 2.45) is 0 Å². The highest BCUT2D eigenvalue weighted by Crippen LogP contribution is 2.41. The van der Waals surface area contributed by atoms with Crippen LogP contribution in [-0.4, -0.2) is 10.9 Å². The Labute approximate surface area is 149 Å². The lowest BCUT2D eigenvalue weighted by atomic mass is 9.78. The maximum Gasteiger partial charge on any atom is 0.231 e. The molecule has 0 atom stereocenters. The molecule has 3 nitrogen and oxygen atoms in total. The van der Waals surface area contributed by atoms with Crippen molar-refractivity contribution >= 4 is 27.5 Å². The van der Waals surface area contributed by atoms with Crippen molar-refractivity contribution in [3.8, 4) is 0 Å². The van der Waals surface area contributed by atoms with Gasteiger partial charge in [0.25, 0.3) is 0 Å². The molecule has 0 aliphatic heterocycles. The van der Waals surface area contributed by atoms with Crippen LogP contribution < -0.4 is 5.32 Å². The average molecular weight is 354 g/mol. The number of hydrogen-bond acceptors (Lipinski definition) is 3. The molecular formula is C20H19FN2OS. The zero-order valence-electron chi connectivity index (χ0n) is 13.8. The lowest BCUT2D eigenvalue weighted by Gasteiger charge is -2.28. The summed E-state index contributed by atoms with van der Waals surface area (Å²) in [5.41, 5.74) is 1.34. The van der Waals surface area contributed by atoms with Crippen molar-refractivity contribution in [1.82, 2.24) is 10.3 Å². The molecular weight excluding hydrogens is 335 g/mol. The number of fused-ring (bicyclic) bond motifs is 1. The molecule has 1 heterocycles. The molecule has 1 N–H and O–H groups in total. The number of halogens is 1. The van der Waals surface area contributed by atoms with Crippen molar-refractivity contribution in [2.75, 3.05) is 0 Å². The second-order valence-corrected chi connectivity index (χ2v) is 7.67. The van der Waals surface area contributed by atoms with E-state index in [0.717, 1.165) is 46.5 Å². The molecule has 0 unspecified atom stereocenters. The maximum absolute atomic E-state index is 13.3. The van der Waals surface area contributed by atoms with Gasteiger partial charge in [0.1, 0.15) is 10.8 Å². The third-order valence-corrected chi connectivity index (χ3v) is 6.06. The molecule has 1 saturated carbocycles. The Kier molecular flexibility index (Phi) is 4.25. The second-order valence-electron chi connectivity index (χ2n) is 6.55. The zero-order valence-corrected chi connectivity index (χ0v) is 14.6. The molecule has 128 valence electrons. The minimum atomic E-state index is -0.537. The molecule has 4 rings (SSSR count). The summed E-state index contributed by atoms with van der Waals surface area (Å²) in [6.45, 7) is 0.432. The van der Waals surface area contributed by atoms with Crippen LogP contribution in [-0.2, 0) is 16.8 Å². The lowest BCUT2D eigenvalue weighted by Crippen LogP contribution is -2.42. The highest BCUT2D eigenvalue weighted by molar-refractivity contribution is 7.18. The predicted octanol–water partition coefficient (Wildman–Crippen LogP) is 4.56. The van der Waals surface area contributed by atoms with Gasteiger partial charge in [0, 0.05) is 0 Å². The summed E-state index contributed by atoms with van der Waals surface area (Å²) in [7, 11) is 0. The van der Waals surface area contributed by atoms with Gasteiger partial charge in [-0.05, 0) is 42.7 Å². The number of carbonyl (C=O) groups is 1. The van der Waals surface area contributed by atoms with Crippen LogP contribution in [0.2, 0.25) is 0 Å². The van der Waals surface area contributed by atoms with Gasteiger partial charge >= 0.3 is 0 Å². The van der Waals surface area contributed by atoms with Crippen LogP contribution in [0.3, 0.4) is 0 Å². The van der Waals surface area contributed by atoms with Gasteiger partial charge in [-0.25, -0.2) is 9.37 Å². The minimum Gasteiger partial charge on any atom is -0.349 e. The fourth-order valence-corrected chi connectivity index (χ4v) is 4.62. The van der Waals surface area contributed by atoms with Crippen molar-refractivity contribution in [3.05, 3.63) is 64.9 Å². The van der Waals surface area contributed by atoms with Crippen LogP contribution in [0.4, 0.5) is 4.39 Å². The van der Waals surface area contributed by atoms with Crippen LogP contribution in [0.25, 0.3) is 10.2 Å². The van der Waals surface area contributed by atoms with Crippen LogP contribution >= 0.6 is 11.3 Å². The molecule has 1 fully saturated rings. The first-order chi connectivity index (χ1) is 12.2. The van der Waals surface area contributed by atoms with E-state index < -0.39 is 5.41 Å². The van der Waals surface area contributed by atoms with Gasteiger partial charge in [0.15, 0.2) is 0 Å². The maximum atomic E-state index is 13.3. The third-order valence-electron chi connectivity index (χ3n) is 5.03. The number of nitrogens with zero attached hydrogens (tertiary/aromatic N) is 1. The smallest absolute Gasteiger partial charge is 0.231 e. The molecule has 0 saturated heterocycles. The first-order valence-electron chi connectivity index (χ1n) is 8.56. The summed E-state index contributed by atoms with van der Waals surface area (Å²) in [4.78, 5) is 17.6. The topological polar surface area (TPSA) is 42.0 Å². The van der Waals surface area contributed by atoms with Crippen LogP contribution in [0.5, 0.6) is 0 Å². The molecule has 5 heteroatoms. The SMILES string of the molecule is O=C(NCc1nc2ccccc2s1)C1(c2ccc(F)cc2)CCCC1. The van der Waals surface area contributed by atoms with E-state index in [1.807, 2.05) is 24.3 Å². The molecule has 1 aromatic heterocycles. The number of amides is 1. The highest BCUT2D eigenvalue weighted by Gasteiger charge is 2.42. The molecule has 1 aliphatic rings. The van der Waals surface area contributed by atoms with E-state index in [0.29, 0.717) is 6.54 Å². The van der Waals surface area contributed by atoms with E-state index in [9.17, 15) is 9.18 Å². The number of para-hydroxylation sites is 1. The van der Waals surface area contributed by atoms with Gasteiger partial charge < -0.3 is 5.32 Å². The van der Waals surface area contributed by atoms with Gasteiger partial charge in [0.05, 0.1) is 22.2 Å². The van der Waals surface area contributed by atoms with Crippen LogP contribution in [0.1, 0.15) is 36.3 Å². The van der Waals surface area contributed by atoms with Crippen molar-refractivity contribution in [3.63, 3.8) is 0 Å². The Bertz CT molecular complexity index is 864. The lowest BCUT2D eigenvalue weighted by molar-refractivity contribution is -0.126. The first-order valence-corrected chi connectivity index (χ1v) is 9.38. The Morgan fingerprint density at radius 1 is 1.12 bits per heavy atom. The van der Waals surface area contributed by atoms with Gasteiger partial charge in [-0.15, -0.1) is 11.3 Å². The van der Waals surface area contributed by atoms with Crippen molar-refractivity contribution in [2.45, 2.75) is 37.6 Å². The Morgan fingerprint density at radius 2 is 1.84 bits per heavy atom. The van der Waals surface area contributed by atoms with Crippen LogP contribution in [0, 0.1) is 5.82 Å². The van der Waals surface area contributed by atoms with Gasteiger partial charge in [0.2, 0.25) is 5.91 Å². The largest absolute Gasteiger partial charge is 0.349 e. The second kappa shape index (κ2) is 6.56. The van der Waals surface area contributed by atoms with Crippen LogP contribution in [0.15, 0.2) is 48.5 Å². The number of thiazole rings is 1. The Hall–Kier alpha value is -2.27. The monoisotopic (exact) mass is 354 g/mol. The van der Waals surface area contributed by atoms with E-state index in [4.69, 9.17) is 0 Å². The van der Waals surface area contributed by atoms with E-state index in [-0.39, 0.29) is 11.7 Å². The van der Waals surface area contributed by atoms with Crippen molar-refractivity contribution in [1.29, 1.82) is 0 Å². The number of hydrogen-bond donors (Lipinski definition) is 1. The third kappa shape index (κ3) is 3.04. The number of carbonyl (C=O) groups excluding carboxylic acids is 1. The first kappa shape index (κ1) is 16.2. The van der Waals surface area contributed by atoms with E-state index in [1.54, 1.807) is 23.5 Å². The normalized spacial score (nSPS) is 16.2. The Balaban J connectivity index is 1.54. The van der Waals surface area contributed by atoms with E-state index in [1.165, 1.54) is 12.1 Å². The molecule has 3 aromatic rings. The summed E-state index contributed by atoms with van der Waals surface area (Å²) in [6, 6.07) is 14.4. The van der Waals surface area contributed by atoms with Gasteiger partial charge in [-0.2, -0.15) is 0 Å². The summed E-state index contributed by atoms with van der Waals surface area (Å²) in [5.74, 6) is -0.248. The molecule has 2 aromatic carbocycles. The summed E-state index contributed by atoms with van der Waals surface area (Å²) in [6.07, 6.45) is 3.66. The van der Waals surface area contributed by atoms with E-state index in [2.05, 4.69) is 10.3 Å². The molecule has 1 aliphatic carbocycles. The number of benzene rings is 2. The highest BCUT2D eigenvalue weighted by atomic mass is 32.1. The minimum absolute atomic E-state index is 0.0239. The average Bonchev–Trinajstić information content (AvgIpc) is 3.27. The fraction of sp³-hybridized carbons (Fsp3) is 0.300. The zero-order chi connectivity index (χ0) is 17.3. The molecule has 25 heavy (non-hydrogen) atoms. The summed E-state index contributed by atoms with van der Waals surface area (Å²) < 4.78 is 14.4. The summed E-state index contributed by atoms with van der Waals surface area (Å²) in [5, 5.41) is 3.98. The van der Waals surface area contributed by atoms with Gasteiger partial charge in [-0.1, -0.05) is 37.1 Å². The molecule has 1 amide bonds. The van der Waals surface area contributed by atoms with E-state index >= 15 is 0 Å². The number of aromatic nitrogens is 1.